The van der Waals surface area contributed by atoms with Crippen molar-refractivity contribution in [3.05, 3.63) is 36.4 Å². The van der Waals surface area contributed by atoms with Crippen LogP contribution in [-0.4, -0.2) is 38.9 Å². The Kier molecular flexibility index (Phi) is 4.35. The zero-order chi connectivity index (χ0) is 19.0. The van der Waals surface area contributed by atoms with Gasteiger partial charge in [-0.1, -0.05) is 12.2 Å². The van der Waals surface area contributed by atoms with E-state index in [9.17, 15) is 14.4 Å². The molecular formula is C18H17N3O6. The first-order chi connectivity index (χ1) is 13.1. The molecule has 9 heteroatoms. The van der Waals surface area contributed by atoms with Gasteiger partial charge in [0.1, 0.15) is 6.04 Å². The van der Waals surface area contributed by atoms with E-state index in [0.717, 1.165) is 4.90 Å². The zero-order valence-corrected chi connectivity index (χ0v) is 14.5. The monoisotopic (exact) mass is 371 g/mol. The standard InChI is InChI=1S/C18H17N3O6/c1-10(21-16(22)11-5-2-3-6-12(11)17(21)23)18(24)26-9-14-19-20-15(27-14)13-7-4-8-25-13/h2-4,7-8,10-12H,5-6,9H2,1H3/t10-,11-,12-/m0/s1. The number of ether oxygens (including phenoxy) is 1. The van der Waals surface area contributed by atoms with Crippen LogP contribution in [0.25, 0.3) is 11.7 Å². The fourth-order valence-corrected chi connectivity index (χ4v) is 3.38. The molecule has 27 heavy (non-hydrogen) atoms. The highest BCUT2D eigenvalue weighted by Gasteiger charge is 2.50. The molecule has 1 saturated heterocycles. The quantitative estimate of drug-likeness (QED) is 0.443. The minimum atomic E-state index is -1.01. The van der Waals surface area contributed by atoms with Crippen LogP contribution in [0.2, 0.25) is 0 Å². The Morgan fingerprint density at radius 1 is 1.26 bits per heavy atom. The highest BCUT2D eigenvalue weighted by molar-refractivity contribution is 6.08. The van der Waals surface area contributed by atoms with Crippen molar-refractivity contribution in [1.82, 2.24) is 15.1 Å². The zero-order valence-electron chi connectivity index (χ0n) is 14.5. The molecule has 0 bridgehead atoms. The smallest absolute Gasteiger partial charge is 0.329 e. The van der Waals surface area contributed by atoms with Gasteiger partial charge in [0.05, 0.1) is 18.1 Å². The first-order valence-corrected chi connectivity index (χ1v) is 8.61. The number of imide groups is 1. The Morgan fingerprint density at radius 3 is 2.59 bits per heavy atom. The van der Waals surface area contributed by atoms with Crippen molar-refractivity contribution in [3.63, 3.8) is 0 Å². The number of allylic oxidation sites excluding steroid dienone is 2. The predicted molar refractivity (Wildman–Crippen MR) is 88.5 cm³/mol. The van der Waals surface area contributed by atoms with Gasteiger partial charge in [0.25, 0.3) is 11.8 Å². The van der Waals surface area contributed by atoms with Crippen molar-refractivity contribution in [2.45, 2.75) is 32.4 Å². The number of aromatic nitrogens is 2. The summed E-state index contributed by atoms with van der Waals surface area (Å²) < 4.78 is 15.7. The van der Waals surface area contributed by atoms with Gasteiger partial charge >= 0.3 is 5.97 Å². The summed E-state index contributed by atoms with van der Waals surface area (Å²) in [6.07, 6.45) is 6.30. The fourth-order valence-electron chi connectivity index (χ4n) is 3.38. The van der Waals surface area contributed by atoms with E-state index in [-0.39, 0.29) is 42.0 Å². The van der Waals surface area contributed by atoms with Gasteiger partial charge in [0.15, 0.2) is 12.4 Å². The summed E-state index contributed by atoms with van der Waals surface area (Å²) in [6, 6.07) is 2.32. The number of likely N-dealkylation sites (tertiary alicyclic amines) is 1. The van der Waals surface area contributed by atoms with Gasteiger partial charge in [-0.3, -0.25) is 14.5 Å². The molecule has 4 rings (SSSR count). The van der Waals surface area contributed by atoms with Gasteiger partial charge in [-0.25, -0.2) is 4.79 Å². The molecule has 1 aliphatic heterocycles. The third kappa shape index (κ3) is 3.05. The molecule has 0 spiro atoms. The summed E-state index contributed by atoms with van der Waals surface area (Å²) in [5.41, 5.74) is 0. The van der Waals surface area contributed by atoms with E-state index in [2.05, 4.69) is 10.2 Å². The molecular weight excluding hydrogens is 354 g/mol. The Labute approximate surface area is 154 Å². The molecule has 9 nitrogen and oxygen atoms in total. The summed E-state index contributed by atoms with van der Waals surface area (Å²) >= 11 is 0. The number of hydrogen-bond acceptors (Lipinski definition) is 8. The van der Waals surface area contributed by atoms with Crippen molar-refractivity contribution in [3.8, 4) is 11.7 Å². The Morgan fingerprint density at radius 2 is 1.96 bits per heavy atom. The van der Waals surface area contributed by atoms with E-state index in [1.165, 1.54) is 13.2 Å². The molecule has 3 atom stereocenters. The van der Waals surface area contributed by atoms with Crippen LogP contribution in [0, 0.1) is 11.8 Å². The molecule has 0 N–H and O–H groups in total. The van der Waals surface area contributed by atoms with E-state index in [1.807, 2.05) is 12.2 Å². The van der Waals surface area contributed by atoms with Crippen LogP contribution in [0.5, 0.6) is 0 Å². The highest BCUT2D eigenvalue weighted by Crippen LogP contribution is 2.36. The van der Waals surface area contributed by atoms with Crippen LogP contribution in [0.4, 0.5) is 0 Å². The van der Waals surface area contributed by atoms with Gasteiger partial charge in [-0.15, -0.1) is 10.2 Å². The maximum atomic E-state index is 12.5. The third-order valence-electron chi connectivity index (χ3n) is 4.81. The molecule has 0 unspecified atom stereocenters. The third-order valence-corrected chi connectivity index (χ3v) is 4.81. The van der Waals surface area contributed by atoms with Crippen LogP contribution < -0.4 is 0 Å². The molecule has 0 saturated carbocycles. The first kappa shape index (κ1) is 17.2. The number of carbonyl (C=O) groups is 3. The molecule has 2 aliphatic rings. The lowest BCUT2D eigenvalue weighted by molar-refractivity contribution is -0.159. The van der Waals surface area contributed by atoms with Crippen LogP contribution >= 0.6 is 0 Å². The summed E-state index contributed by atoms with van der Waals surface area (Å²) in [7, 11) is 0. The molecule has 2 aromatic rings. The van der Waals surface area contributed by atoms with Crippen molar-refractivity contribution in [2.24, 2.45) is 11.8 Å². The van der Waals surface area contributed by atoms with E-state index in [0.29, 0.717) is 18.6 Å². The first-order valence-electron chi connectivity index (χ1n) is 8.61. The Balaban J connectivity index is 1.38. The van der Waals surface area contributed by atoms with Crippen LogP contribution in [-0.2, 0) is 25.7 Å². The average Bonchev–Trinajstić information content (AvgIpc) is 3.41. The Hall–Kier alpha value is -3.23. The maximum absolute atomic E-state index is 12.5. The lowest BCUT2D eigenvalue weighted by atomic mass is 9.85. The predicted octanol–water partition coefficient (Wildman–Crippen LogP) is 1.71. The molecule has 1 aliphatic carbocycles. The van der Waals surface area contributed by atoms with Crippen molar-refractivity contribution < 1.29 is 28.0 Å². The van der Waals surface area contributed by atoms with Crippen molar-refractivity contribution in [1.29, 1.82) is 0 Å². The molecule has 2 aromatic heterocycles. The second kappa shape index (κ2) is 6.82. The second-order valence-corrected chi connectivity index (χ2v) is 6.46. The van der Waals surface area contributed by atoms with E-state index in [4.69, 9.17) is 13.6 Å². The molecule has 3 heterocycles. The van der Waals surface area contributed by atoms with Gasteiger partial charge in [0.2, 0.25) is 11.8 Å². The fraction of sp³-hybridized carbons (Fsp3) is 0.389. The number of furan rings is 1. The molecule has 0 aromatic carbocycles. The van der Waals surface area contributed by atoms with Crippen LogP contribution in [0.3, 0.4) is 0 Å². The lowest BCUT2D eigenvalue weighted by Crippen LogP contribution is -2.44. The minimum absolute atomic E-state index is 0.0823. The second-order valence-electron chi connectivity index (χ2n) is 6.46. The summed E-state index contributed by atoms with van der Waals surface area (Å²) in [5, 5.41) is 7.58. The normalized spacial score (nSPS) is 22.8. The number of amides is 2. The van der Waals surface area contributed by atoms with Crippen LogP contribution in [0.1, 0.15) is 25.7 Å². The Bertz CT molecular complexity index is 874. The van der Waals surface area contributed by atoms with Crippen molar-refractivity contribution >= 4 is 17.8 Å². The minimum Gasteiger partial charge on any atom is -0.459 e. The number of fused-ring (bicyclic) bond motifs is 1. The summed E-state index contributed by atoms with van der Waals surface area (Å²) in [5.74, 6) is -1.47. The highest BCUT2D eigenvalue weighted by atomic mass is 16.5. The molecule has 2 amide bonds. The molecule has 1 fully saturated rings. The lowest BCUT2D eigenvalue weighted by Gasteiger charge is -2.21. The van der Waals surface area contributed by atoms with Crippen molar-refractivity contribution in [2.75, 3.05) is 0 Å². The van der Waals surface area contributed by atoms with Gasteiger partial charge in [-0.05, 0) is 31.9 Å². The largest absolute Gasteiger partial charge is 0.459 e. The summed E-state index contributed by atoms with van der Waals surface area (Å²) in [6.45, 7) is 1.21. The van der Waals surface area contributed by atoms with Crippen LogP contribution in [0.15, 0.2) is 39.4 Å². The number of nitrogens with zero attached hydrogens (tertiary/aromatic N) is 3. The van der Waals surface area contributed by atoms with E-state index < -0.39 is 12.0 Å². The maximum Gasteiger partial charge on any atom is 0.329 e. The van der Waals surface area contributed by atoms with E-state index in [1.54, 1.807) is 12.1 Å². The molecule has 0 radical (unpaired) electrons. The number of esters is 1. The van der Waals surface area contributed by atoms with E-state index >= 15 is 0 Å². The number of hydrogen-bond donors (Lipinski definition) is 0. The number of carbonyl (C=O) groups excluding carboxylic acids is 3. The summed E-state index contributed by atoms with van der Waals surface area (Å²) in [4.78, 5) is 38.4. The van der Waals surface area contributed by atoms with Gasteiger partial charge in [0, 0.05) is 0 Å². The molecule has 140 valence electrons. The van der Waals surface area contributed by atoms with Gasteiger partial charge < -0.3 is 13.6 Å². The average molecular weight is 371 g/mol. The number of rotatable bonds is 5. The topological polar surface area (TPSA) is 116 Å². The SMILES string of the molecule is C[C@@H](C(=O)OCc1nnc(-c2ccco2)o1)N1C(=O)[C@H]2CC=CC[C@@H]2C1=O. The van der Waals surface area contributed by atoms with Gasteiger partial charge in [-0.2, -0.15) is 0 Å².